The molecule has 0 bridgehead atoms. The number of phosphoric ester groups is 1. The van der Waals surface area contributed by atoms with E-state index in [0.717, 1.165) is 70.6 Å². The number of carbonyl (C=O) groups excluding carboxylic acids is 2. The lowest BCUT2D eigenvalue weighted by atomic mass is 10.1. The van der Waals surface area contributed by atoms with Gasteiger partial charge in [0.25, 0.3) is 0 Å². The molecule has 0 spiro atoms. The van der Waals surface area contributed by atoms with E-state index in [9.17, 15) is 34.1 Å². The number of hydrogen-bond donors (Lipinski definition) is 4. The van der Waals surface area contributed by atoms with Crippen LogP contribution in [0, 0.1) is 0 Å². The van der Waals surface area contributed by atoms with Gasteiger partial charge in [0.05, 0.1) is 13.2 Å². The summed E-state index contributed by atoms with van der Waals surface area (Å²) in [6.07, 6.45) is 49.8. The maximum atomic E-state index is 12.3. The quantitative estimate of drug-likeness (QED) is 0.0200. The van der Waals surface area contributed by atoms with Gasteiger partial charge in [0.15, 0.2) is 6.04 Å². The molecule has 61 heavy (non-hydrogen) atoms. The minimum Gasteiger partial charge on any atom is -0.480 e. The average molecular weight is 882 g/mol. The van der Waals surface area contributed by atoms with Gasteiger partial charge in [0, 0.05) is 12.8 Å². The summed E-state index contributed by atoms with van der Waals surface area (Å²) < 4.78 is 26.9. The fourth-order valence-corrected chi connectivity index (χ4v) is 7.32. The second-order valence-corrected chi connectivity index (χ2v) is 17.7. The number of ether oxygens (including phenoxy) is 1. The molecule has 0 aromatic carbocycles. The standard InChI is InChI=1S/C49H88NO10P/c1-3-5-7-9-11-13-15-17-19-21-23-24-26-28-30-32-34-36-38-40-47(52)50-46(49(54)55)44-60-61(56,57)59-43-45(51)42-58-48(53)41-39-37-35-33-31-29-27-25-22-20-18-16-14-12-10-8-6-4-2/h11,13-14,16-17,19-20,22,45-46,51H,3-10,12,15,18,21,23-44H2,1-2H3,(H,50,52)(H,54,55)(H,56,57)/b13-11-,16-14-,19-17-,22-20-. The molecule has 4 N–H and O–H groups in total. The first-order valence-electron chi connectivity index (χ1n) is 24.2. The van der Waals surface area contributed by atoms with Gasteiger partial charge in [-0.15, -0.1) is 0 Å². The molecule has 3 atom stereocenters. The van der Waals surface area contributed by atoms with Crippen LogP contribution in [0.4, 0.5) is 0 Å². The Balaban J connectivity index is 3.88. The number of amides is 1. The molecule has 0 rings (SSSR count). The number of carboxylic acid groups (broad SMARTS) is 1. The van der Waals surface area contributed by atoms with Crippen molar-refractivity contribution >= 4 is 25.7 Å². The first kappa shape index (κ1) is 58.4. The Bertz CT molecular complexity index is 1220. The number of carbonyl (C=O) groups is 3. The molecule has 0 aromatic rings. The Hall–Kier alpha value is -2.56. The van der Waals surface area contributed by atoms with Gasteiger partial charge < -0.3 is 25.2 Å². The zero-order chi connectivity index (χ0) is 44.9. The van der Waals surface area contributed by atoms with E-state index in [1.54, 1.807) is 0 Å². The van der Waals surface area contributed by atoms with Crippen LogP contribution >= 0.6 is 7.82 Å². The van der Waals surface area contributed by atoms with Crippen LogP contribution in [0.25, 0.3) is 0 Å². The normalized spacial score (nSPS) is 14.0. The number of carboxylic acids is 1. The van der Waals surface area contributed by atoms with Crippen LogP contribution in [0.15, 0.2) is 48.6 Å². The fourth-order valence-electron chi connectivity index (χ4n) is 6.55. The van der Waals surface area contributed by atoms with Crippen LogP contribution in [-0.2, 0) is 32.7 Å². The smallest absolute Gasteiger partial charge is 0.472 e. The number of hydrogen-bond acceptors (Lipinski definition) is 8. The summed E-state index contributed by atoms with van der Waals surface area (Å²) >= 11 is 0. The largest absolute Gasteiger partial charge is 0.480 e. The fraction of sp³-hybridized carbons (Fsp3) is 0.776. The zero-order valence-corrected chi connectivity index (χ0v) is 39.4. The Labute approximate surface area is 371 Å². The molecule has 0 saturated heterocycles. The van der Waals surface area contributed by atoms with Crippen LogP contribution in [0.5, 0.6) is 0 Å². The summed E-state index contributed by atoms with van der Waals surface area (Å²) in [5.74, 6) is -2.38. The lowest BCUT2D eigenvalue weighted by molar-refractivity contribution is -0.147. The average Bonchev–Trinajstić information content (AvgIpc) is 3.24. The molecule has 0 aliphatic carbocycles. The lowest BCUT2D eigenvalue weighted by Crippen LogP contribution is -2.43. The van der Waals surface area contributed by atoms with Crippen molar-refractivity contribution in [2.24, 2.45) is 0 Å². The third-order valence-corrected chi connectivity index (χ3v) is 11.3. The Morgan fingerprint density at radius 1 is 0.525 bits per heavy atom. The molecule has 0 aliphatic rings. The van der Waals surface area contributed by atoms with Crippen molar-refractivity contribution in [2.45, 2.75) is 225 Å². The van der Waals surface area contributed by atoms with Crippen molar-refractivity contribution in [1.29, 1.82) is 0 Å². The summed E-state index contributed by atoms with van der Waals surface area (Å²) in [5.41, 5.74) is 0. The third kappa shape index (κ3) is 43.9. The van der Waals surface area contributed by atoms with E-state index in [2.05, 4.69) is 67.8 Å². The number of esters is 1. The van der Waals surface area contributed by atoms with Crippen LogP contribution in [0.3, 0.4) is 0 Å². The maximum Gasteiger partial charge on any atom is 0.472 e. The Morgan fingerprint density at radius 3 is 1.36 bits per heavy atom. The molecule has 0 fully saturated rings. The monoisotopic (exact) mass is 882 g/mol. The number of rotatable bonds is 45. The molecule has 11 nitrogen and oxygen atoms in total. The minimum atomic E-state index is -4.76. The van der Waals surface area contributed by atoms with Gasteiger partial charge in [-0.05, 0) is 77.0 Å². The number of phosphoric acid groups is 1. The number of aliphatic carboxylic acids is 1. The molecule has 0 aliphatic heterocycles. The number of nitrogens with one attached hydrogen (secondary N) is 1. The van der Waals surface area contributed by atoms with Gasteiger partial charge in [-0.25, -0.2) is 9.36 Å². The van der Waals surface area contributed by atoms with Gasteiger partial charge in [0.2, 0.25) is 5.91 Å². The summed E-state index contributed by atoms with van der Waals surface area (Å²) in [7, 11) is -4.76. The van der Waals surface area contributed by atoms with Gasteiger partial charge in [-0.1, -0.05) is 172 Å². The molecular weight excluding hydrogens is 794 g/mol. The number of allylic oxidation sites excluding steroid dienone is 8. The summed E-state index contributed by atoms with van der Waals surface area (Å²) in [4.78, 5) is 46.0. The zero-order valence-electron chi connectivity index (χ0n) is 38.5. The van der Waals surface area contributed by atoms with E-state index in [4.69, 9.17) is 13.8 Å². The highest BCUT2D eigenvalue weighted by atomic mass is 31.2. The third-order valence-electron chi connectivity index (χ3n) is 10.3. The summed E-state index contributed by atoms with van der Waals surface area (Å²) in [6.45, 7) is 2.56. The van der Waals surface area contributed by atoms with E-state index in [0.29, 0.717) is 12.8 Å². The first-order valence-corrected chi connectivity index (χ1v) is 25.7. The van der Waals surface area contributed by atoms with E-state index < -0.39 is 57.6 Å². The van der Waals surface area contributed by atoms with E-state index in [1.165, 1.54) is 103 Å². The van der Waals surface area contributed by atoms with E-state index in [1.807, 2.05) is 0 Å². The second-order valence-electron chi connectivity index (χ2n) is 16.3. The highest BCUT2D eigenvalue weighted by molar-refractivity contribution is 7.47. The predicted octanol–water partition coefficient (Wildman–Crippen LogP) is 13.0. The van der Waals surface area contributed by atoms with Gasteiger partial charge in [0.1, 0.15) is 12.7 Å². The van der Waals surface area contributed by atoms with Crippen molar-refractivity contribution in [2.75, 3.05) is 19.8 Å². The number of aliphatic hydroxyl groups excluding tert-OH is 1. The van der Waals surface area contributed by atoms with E-state index >= 15 is 0 Å². The molecule has 0 heterocycles. The highest BCUT2D eigenvalue weighted by Gasteiger charge is 2.28. The Kier molecular flexibility index (Phi) is 42.2. The minimum absolute atomic E-state index is 0.139. The summed E-state index contributed by atoms with van der Waals surface area (Å²) in [5, 5.41) is 21.9. The maximum absolute atomic E-state index is 12.3. The molecule has 1 amide bonds. The van der Waals surface area contributed by atoms with Crippen molar-refractivity contribution < 1.29 is 47.8 Å². The highest BCUT2D eigenvalue weighted by Crippen LogP contribution is 2.43. The predicted molar refractivity (Wildman–Crippen MR) is 249 cm³/mol. The molecule has 0 radical (unpaired) electrons. The van der Waals surface area contributed by atoms with Crippen molar-refractivity contribution in [1.82, 2.24) is 5.32 Å². The SMILES string of the molecule is CCCCC/C=C\C/C=C\CCCCCCCCCCCC(=O)NC(COP(=O)(O)OCC(O)COC(=O)CCCCCCCCC/C=C\C/C=C\CCCCCC)C(=O)O. The Morgan fingerprint density at radius 2 is 0.902 bits per heavy atom. The van der Waals surface area contributed by atoms with Crippen molar-refractivity contribution in [3.05, 3.63) is 48.6 Å². The van der Waals surface area contributed by atoms with Gasteiger partial charge >= 0.3 is 19.8 Å². The molecular formula is C49H88NO10P. The molecule has 0 aromatic heterocycles. The molecule has 354 valence electrons. The second kappa shape index (κ2) is 44.1. The molecule has 3 unspecified atom stereocenters. The van der Waals surface area contributed by atoms with Crippen LogP contribution in [0.2, 0.25) is 0 Å². The number of aliphatic hydroxyl groups is 1. The first-order chi connectivity index (χ1) is 29.6. The summed E-state index contributed by atoms with van der Waals surface area (Å²) in [6, 6.07) is -1.55. The van der Waals surface area contributed by atoms with Crippen molar-refractivity contribution in [3.63, 3.8) is 0 Å². The van der Waals surface area contributed by atoms with Gasteiger partial charge in [-0.3, -0.25) is 18.6 Å². The van der Waals surface area contributed by atoms with Crippen molar-refractivity contribution in [3.8, 4) is 0 Å². The topological polar surface area (TPSA) is 169 Å². The van der Waals surface area contributed by atoms with Crippen LogP contribution in [0.1, 0.15) is 213 Å². The van der Waals surface area contributed by atoms with Crippen LogP contribution in [-0.4, -0.2) is 64.9 Å². The number of unbranched alkanes of at least 4 members (excludes halogenated alkanes) is 23. The molecule has 12 heteroatoms. The van der Waals surface area contributed by atoms with E-state index in [-0.39, 0.29) is 12.8 Å². The van der Waals surface area contributed by atoms with Crippen LogP contribution < -0.4 is 5.32 Å². The van der Waals surface area contributed by atoms with Gasteiger partial charge in [-0.2, -0.15) is 0 Å². The molecule has 0 saturated carbocycles. The lowest BCUT2D eigenvalue weighted by Gasteiger charge is -2.18.